The highest BCUT2D eigenvalue weighted by Crippen LogP contribution is 2.62. The van der Waals surface area contributed by atoms with E-state index in [2.05, 4.69) is 129 Å². The molecule has 0 unspecified atom stereocenters. The van der Waals surface area contributed by atoms with Crippen LogP contribution in [0.1, 0.15) is 47.2 Å². The molecule has 1 aromatic heterocycles. The number of benzene rings is 7. The molecular formula is C49H35N3. The molecule has 0 fully saturated rings. The van der Waals surface area contributed by atoms with Crippen LogP contribution in [-0.2, 0) is 10.8 Å². The van der Waals surface area contributed by atoms with Gasteiger partial charge >= 0.3 is 0 Å². The lowest BCUT2D eigenvalue weighted by molar-refractivity contribution is 0.563. The lowest BCUT2D eigenvalue weighted by Gasteiger charge is -2.46. The van der Waals surface area contributed by atoms with Gasteiger partial charge in [0.1, 0.15) is 0 Å². The molecule has 246 valence electrons. The largest absolute Gasteiger partial charge is 0.208 e. The summed E-state index contributed by atoms with van der Waals surface area (Å²) in [6.07, 6.45) is 0. The SMILES string of the molecule is CC1(C)c2ccccc2C2(c3ccccc3-c3cc(-c4cccc(-c5nc(-c6ccccc6)nc(-c6ccccc6)n5)c4)ccc32)c2ccccc21. The van der Waals surface area contributed by atoms with Crippen LogP contribution in [0, 0.1) is 0 Å². The number of rotatable bonds is 4. The van der Waals surface area contributed by atoms with Gasteiger partial charge in [0.2, 0.25) is 0 Å². The number of hydrogen-bond donors (Lipinski definition) is 0. The summed E-state index contributed by atoms with van der Waals surface area (Å²) in [5, 5.41) is 0. The van der Waals surface area contributed by atoms with E-state index in [9.17, 15) is 0 Å². The second kappa shape index (κ2) is 11.5. The minimum atomic E-state index is -0.401. The molecule has 8 aromatic rings. The number of nitrogens with zero attached hydrogens (tertiary/aromatic N) is 3. The van der Waals surface area contributed by atoms with Crippen molar-refractivity contribution in [1.29, 1.82) is 0 Å². The zero-order chi connectivity index (χ0) is 34.9. The fourth-order valence-electron chi connectivity index (χ4n) is 8.82. The van der Waals surface area contributed by atoms with Crippen LogP contribution < -0.4 is 0 Å². The van der Waals surface area contributed by atoms with Crippen molar-refractivity contribution in [2.24, 2.45) is 0 Å². The highest BCUT2D eigenvalue weighted by atomic mass is 15.0. The summed E-state index contributed by atoms with van der Waals surface area (Å²) in [5.74, 6) is 1.97. The summed E-state index contributed by atoms with van der Waals surface area (Å²) >= 11 is 0. The minimum Gasteiger partial charge on any atom is -0.208 e. The molecule has 52 heavy (non-hydrogen) atoms. The molecule has 1 spiro atoms. The van der Waals surface area contributed by atoms with Crippen molar-refractivity contribution in [3.05, 3.63) is 209 Å². The van der Waals surface area contributed by atoms with E-state index in [4.69, 9.17) is 15.0 Å². The number of hydrogen-bond acceptors (Lipinski definition) is 3. The van der Waals surface area contributed by atoms with Crippen molar-refractivity contribution in [2.45, 2.75) is 24.7 Å². The van der Waals surface area contributed by atoms with E-state index >= 15 is 0 Å². The van der Waals surface area contributed by atoms with E-state index in [0.29, 0.717) is 17.5 Å². The van der Waals surface area contributed by atoms with Crippen LogP contribution in [0.15, 0.2) is 176 Å². The Labute approximate surface area is 304 Å². The Kier molecular flexibility index (Phi) is 6.74. The predicted molar refractivity (Wildman–Crippen MR) is 211 cm³/mol. The smallest absolute Gasteiger partial charge is 0.164 e. The molecule has 2 aliphatic rings. The first kappa shape index (κ1) is 30.4. The van der Waals surface area contributed by atoms with E-state index in [1.807, 2.05) is 60.7 Å². The van der Waals surface area contributed by atoms with Gasteiger partial charge in [-0.3, -0.25) is 0 Å². The van der Waals surface area contributed by atoms with Crippen molar-refractivity contribution in [3.63, 3.8) is 0 Å². The summed E-state index contributed by atoms with van der Waals surface area (Å²) in [7, 11) is 0. The molecule has 0 atom stereocenters. The molecule has 2 aliphatic carbocycles. The summed E-state index contributed by atoms with van der Waals surface area (Å²) in [6.45, 7) is 4.74. The Hall–Kier alpha value is -6.45. The molecule has 1 heterocycles. The third kappa shape index (κ3) is 4.42. The van der Waals surface area contributed by atoms with Gasteiger partial charge in [-0.15, -0.1) is 0 Å². The number of aromatic nitrogens is 3. The molecule has 0 radical (unpaired) electrons. The van der Waals surface area contributed by atoms with Gasteiger partial charge in [-0.05, 0) is 67.8 Å². The average molecular weight is 666 g/mol. The Morgan fingerprint density at radius 3 is 1.33 bits per heavy atom. The maximum Gasteiger partial charge on any atom is 0.164 e. The van der Waals surface area contributed by atoms with Gasteiger partial charge in [0.25, 0.3) is 0 Å². The summed E-state index contributed by atoms with van der Waals surface area (Å²) < 4.78 is 0. The second-order valence-electron chi connectivity index (χ2n) is 14.4. The zero-order valence-electron chi connectivity index (χ0n) is 29.1. The lowest BCUT2D eigenvalue weighted by atomic mass is 9.55. The van der Waals surface area contributed by atoms with Gasteiger partial charge in [-0.1, -0.05) is 178 Å². The molecule has 0 aliphatic heterocycles. The standard InChI is InChI=1S/C49H35N3/c1-48(2)41-24-11-13-26-43(41)49(44-27-14-12-25-42(44)48)39-23-10-9-22-37(39)38-31-35(28-29-40(38)49)34-20-15-21-36(30-34)47-51-45(32-16-5-3-6-17-32)50-46(52-47)33-18-7-4-8-19-33/h3-31H,1-2H3. The molecule has 3 nitrogen and oxygen atoms in total. The molecule has 3 heteroatoms. The monoisotopic (exact) mass is 665 g/mol. The lowest BCUT2D eigenvalue weighted by Crippen LogP contribution is -2.40. The second-order valence-corrected chi connectivity index (χ2v) is 14.4. The van der Waals surface area contributed by atoms with Gasteiger partial charge in [0.15, 0.2) is 17.5 Å². The highest BCUT2D eigenvalue weighted by molar-refractivity contribution is 5.91. The van der Waals surface area contributed by atoms with Crippen molar-refractivity contribution in [3.8, 4) is 56.4 Å². The van der Waals surface area contributed by atoms with Crippen LogP contribution in [-0.4, -0.2) is 15.0 Å². The first-order valence-electron chi connectivity index (χ1n) is 18.0. The molecule has 7 aromatic carbocycles. The van der Waals surface area contributed by atoms with Gasteiger partial charge in [0, 0.05) is 22.1 Å². The summed E-state index contributed by atoms with van der Waals surface area (Å²) in [4.78, 5) is 14.9. The first-order chi connectivity index (χ1) is 25.5. The van der Waals surface area contributed by atoms with Gasteiger partial charge in [-0.25, -0.2) is 15.0 Å². The highest BCUT2D eigenvalue weighted by Gasteiger charge is 2.53. The van der Waals surface area contributed by atoms with Crippen LogP contribution >= 0.6 is 0 Å². The first-order valence-corrected chi connectivity index (χ1v) is 18.0. The van der Waals surface area contributed by atoms with Gasteiger partial charge in [-0.2, -0.15) is 0 Å². The maximum absolute atomic E-state index is 5.01. The van der Waals surface area contributed by atoms with E-state index in [1.165, 1.54) is 44.5 Å². The third-order valence-corrected chi connectivity index (χ3v) is 11.2. The molecule has 0 bridgehead atoms. The zero-order valence-corrected chi connectivity index (χ0v) is 29.1. The van der Waals surface area contributed by atoms with Crippen molar-refractivity contribution >= 4 is 0 Å². The average Bonchev–Trinajstić information content (AvgIpc) is 3.51. The van der Waals surface area contributed by atoms with Crippen molar-refractivity contribution in [1.82, 2.24) is 15.0 Å². The van der Waals surface area contributed by atoms with Crippen LogP contribution in [0.5, 0.6) is 0 Å². The van der Waals surface area contributed by atoms with Crippen LogP contribution in [0.3, 0.4) is 0 Å². The molecule has 0 saturated heterocycles. The van der Waals surface area contributed by atoms with Crippen LogP contribution in [0.2, 0.25) is 0 Å². The molecule has 0 saturated carbocycles. The van der Waals surface area contributed by atoms with E-state index in [0.717, 1.165) is 27.8 Å². The van der Waals surface area contributed by atoms with E-state index < -0.39 is 5.41 Å². The van der Waals surface area contributed by atoms with Crippen molar-refractivity contribution < 1.29 is 0 Å². The normalized spacial score (nSPS) is 14.3. The van der Waals surface area contributed by atoms with E-state index in [1.54, 1.807) is 0 Å². The maximum atomic E-state index is 5.01. The summed E-state index contributed by atoms with van der Waals surface area (Å²) in [5.41, 5.74) is 15.4. The molecule has 0 N–H and O–H groups in total. The van der Waals surface area contributed by atoms with Crippen LogP contribution in [0.4, 0.5) is 0 Å². The van der Waals surface area contributed by atoms with Crippen LogP contribution in [0.25, 0.3) is 56.4 Å². The fourth-order valence-corrected chi connectivity index (χ4v) is 8.82. The molecular weight excluding hydrogens is 631 g/mol. The summed E-state index contributed by atoms with van der Waals surface area (Å²) in [6, 6.07) is 63.2. The quantitative estimate of drug-likeness (QED) is 0.188. The number of fused-ring (bicyclic) bond motifs is 9. The topological polar surface area (TPSA) is 38.7 Å². The third-order valence-electron chi connectivity index (χ3n) is 11.2. The predicted octanol–water partition coefficient (Wildman–Crippen LogP) is 11.5. The fraction of sp³-hybridized carbons (Fsp3) is 0.0816. The Bertz CT molecular complexity index is 2550. The van der Waals surface area contributed by atoms with Gasteiger partial charge < -0.3 is 0 Å². The molecule has 10 rings (SSSR count). The van der Waals surface area contributed by atoms with Crippen molar-refractivity contribution in [2.75, 3.05) is 0 Å². The van der Waals surface area contributed by atoms with Gasteiger partial charge in [0.05, 0.1) is 5.41 Å². The van der Waals surface area contributed by atoms with E-state index in [-0.39, 0.29) is 5.41 Å². The minimum absolute atomic E-state index is 0.119. The Morgan fingerprint density at radius 1 is 0.308 bits per heavy atom. The Balaban J connectivity index is 1.15. The Morgan fingerprint density at radius 2 is 0.731 bits per heavy atom. The molecule has 0 amide bonds.